The number of hydrogen-bond acceptors (Lipinski definition) is 5. The van der Waals surface area contributed by atoms with E-state index in [2.05, 4.69) is 11.2 Å². The second-order valence-corrected chi connectivity index (χ2v) is 6.74. The van der Waals surface area contributed by atoms with Crippen LogP contribution in [0.4, 0.5) is 4.39 Å². The van der Waals surface area contributed by atoms with Gasteiger partial charge in [0, 0.05) is 38.5 Å². The summed E-state index contributed by atoms with van der Waals surface area (Å²) in [4.78, 5) is 16.9. The van der Waals surface area contributed by atoms with Gasteiger partial charge in [-0.3, -0.25) is 9.69 Å². The zero-order valence-corrected chi connectivity index (χ0v) is 15.0. The van der Waals surface area contributed by atoms with Crippen molar-refractivity contribution in [3.8, 4) is 5.75 Å². The van der Waals surface area contributed by atoms with E-state index in [1.807, 2.05) is 11.8 Å². The maximum Gasteiger partial charge on any atom is 0.257 e. The van der Waals surface area contributed by atoms with Gasteiger partial charge in [0.05, 0.1) is 12.2 Å². The van der Waals surface area contributed by atoms with Crippen LogP contribution in [0.3, 0.4) is 0 Å². The van der Waals surface area contributed by atoms with Crippen molar-refractivity contribution in [2.24, 2.45) is 5.73 Å². The van der Waals surface area contributed by atoms with Crippen LogP contribution in [-0.4, -0.2) is 73.6 Å². The summed E-state index contributed by atoms with van der Waals surface area (Å²) in [6.07, 6.45) is 2.79. The molecule has 1 aliphatic rings. The standard InChI is InChI=1S/C17H26FN3O2S/c1-24-12-10-20-6-8-21(9-7-20)17(22)15-13-14(18)3-4-16(15)23-11-2-5-19/h3-4,13H,2,5-12,19H2,1H3. The summed E-state index contributed by atoms with van der Waals surface area (Å²) in [5.41, 5.74) is 5.75. The zero-order valence-electron chi connectivity index (χ0n) is 14.2. The van der Waals surface area contributed by atoms with Crippen LogP contribution < -0.4 is 10.5 Å². The summed E-state index contributed by atoms with van der Waals surface area (Å²) >= 11 is 1.82. The topological polar surface area (TPSA) is 58.8 Å². The Bertz CT molecular complexity index is 537. The largest absolute Gasteiger partial charge is 0.493 e. The Morgan fingerprint density at radius 1 is 1.33 bits per heavy atom. The van der Waals surface area contributed by atoms with Gasteiger partial charge in [-0.25, -0.2) is 4.39 Å². The number of carbonyl (C=O) groups excluding carboxylic acids is 1. The van der Waals surface area contributed by atoms with E-state index in [0.29, 0.717) is 44.0 Å². The number of thioether (sulfide) groups is 1. The third-order valence-electron chi connectivity index (χ3n) is 4.05. The summed E-state index contributed by atoms with van der Waals surface area (Å²) in [6, 6.07) is 4.10. The third-order valence-corrected chi connectivity index (χ3v) is 4.64. The molecule has 1 saturated heterocycles. The van der Waals surface area contributed by atoms with E-state index >= 15 is 0 Å². The van der Waals surface area contributed by atoms with Crippen LogP contribution in [0.1, 0.15) is 16.8 Å². The van der Waals surface area contributed by atoms with E-state index < -0.39 is 5.82 Å². The molecule has 0 radical (unpaired) electrons. The predicted octanol–water partition coefficient (Wildman–Crippen LogP) is 1.67. The Labute approximate surface area is 147 Å². The number of benzene rings is 1. The van der Waals surface area contributed by atoms with Gasteiger partial charge < -0.3 is 15.4 Å². The van der Waals surface area contributed by atoms with Crippen molar-refractivity contribution in [3.05, 3.63) is 29.6 Å². The van der Waals surface area contributed by atoms with Gasteiger partial charge in [-0.05, 0) is 37.4 Å². The van der Waals surface area contributed by atoms with Crippen LogP contribution in [0.2, 0.25) is 0 Å². The van der Waals surface area contributed by atoms with Crippen LogP contribution in [0.15, 0.2) is 18.2 Å². The van der Waals surface area contributed by atoms with E-state index in [0.717, 1.165) is 25.4 Å². The summed E-state index contributed by atoms with van der Waals surface area (Å²) in [7, 11) is 0. The Kier molecular flexibility index (Phi) is 7.81. The molecule has 1 aromatic carbocycles. The minimum absolute atomic E-state index is 0.165. The summed E-state index contributed by atoms with van der Waals surface area (Å²) < 4.78 is 19.2. The van der Waals surface area contributed by atoms with Gasteiger partial charge in [0.25, 0.3) is 5.91 Å². The molecule has 2 rings (SSSR count). The van der Waals surface area contributed by atoms with Crippen molar-refractivity contribution in [2.45, 2.75) is 6.42 Å². The molecule has 2 N–H and O–H groups in total. The minimum atomic E-state index is -0.428. The number of amides is 1. The number of nitrogens with two attached hydrogens (primary N) is 1. The van der Waals surface area contributed by atoms with Gasteiger partial charge in [0.15, 0.2) is 0 Å². The van der Waals surface area contributed by atoms with Crippen molar-refractivity contribution in [3.63, 3.8) is 0 Å². The first kappa shape index (κ1) is 19.0. The lowest BCUT2D eigenvalue weighted by atomic mass is 10.1. The molecular formula is C17H26FN3O2S. The molecular weight excluding hydrogens is 329 g/mol. The van der Waals surface area contributed by atoms with E-state index in [9.17, 15) is 9.18 Å². The number of nitrogens with zero attached hydrogens (tertiary/aromatic N) is 2. The van der Waals surface area contributed by atoms with Gasteiger partial charge in [0.2, 0.25) is 0 Å². The van der Waals surface area contributed by atoms with E-state index in [-0.39, 0.29) is 5.91 Å². The molecule has 0 saturated carbocycles. The molecule has 0 spiro atoms. The maximum absolute atomic E-state index is 13.6. The summed E-state index contributed by atoms with van der Waals surface area (Å²) in [5.74, 6) is 0.932. The predicted molar refractivity (Wildman–Crippen MR) is 96.3 cm³/mol. The molecule has 0 aliphatic carbocycles. The molecule has 5 nitrogen and oxygen atoms in total. The minimum Gasteiger partial charge on any atom is -0.493 e. The first-order valence-corrected chi connectivity index (χ1v) is 9.68. The quantitative estimate of drug-likeness (QED) is 0.719. The van der Waals surface area contributed by atoms with Crippen LogP contribution in [-0.2, 0) is 0 Å². The number of hydrogen-bond donors (Lipinski definition) is 1. The summed E-state index contributed by atoms with van der Waals surface area (Å²) in [6.45, 7) is 5.00. The van der Waals surface area contributed by atoms with Gasteiger partial charge in [-0.1, -0.05) is 0 Å². The smallest absolute Gasteiger partial charge is 0.257 e. The number of ether oxygens (including phenoxy) is 1. The Balaban J connectivity index is 2.00. The SMILES string of the molecule is CSCCN1CCN(C(=O)c2cc(F)ccc2OCCCN)CC1. The molecule has 1 aliphatic heterocycles. The fourth-order valence-corrected chi connectivity index (χ4v) is 3.07. The highest BCUT2D eigenvalue weighted by Gasteiger charge is 2.24. The van der Waals surface area contributed by atoms with E-state index in [4.69, 9.17) is 10.5 Å². The fourth-order valence-electron chi connectivity index (χ4n) is 2.63. The Morgan fingerprint density at radius 3 is 2.75 bits per heavy atom. The molecule has 0 atom stereocenters. The monoisotopic (exact) mass is 355 g/mol. The first-order valence-electron chi connectivity index (χ1n) is 8.28. The molecule has 0 unspecified atom stereocenters. The van der Waals surface area contributed by atoms with E-state index in [1.54, 1.807) is 4.90 Å². The lowest BCUT2D eigenvalue weighted by Gasteiger charge is -2.34. The Morgan fingerprint density at radius 2 is 2.08 bits per heavy atom. The summed E-state index contributed by atoms with van der Waals surface area (Å²) in [5, 5.41) is 0. The number of halogens is 1. The van der Waals surface area contributed by atoms with Crippen LogP contribution in [0.5, 0.6) is 5.75 Å². The van der Waals surface area contributed by atoms with Crippen molar-refractivity contribution >= 4 is 17.7 Å². The molecule has 1 amide bonds. The molecule has 134 valence electrons. The fraction of sp³-hybridized carbons (Fsp3) is 0.588. The van der Waals surface area contributed by atoms with Crippen molar-refractivity contribution in [2.75, 3.05) is 57.9 Å². The van der Waals surface area contributed by atoms with Crippen LogP contribution >= 0.6 is 11.8 Å². The zero-order chi connectivity index (χ0) is 17.4. The van der Waals surface area contributed by atoms with Crippen molar-refractivity contribution in [1.82, 2.24) is 9.80 Å². The molecule has 1 fully saturated rings. The molecule has 7 heteroatoms. The lowest BCUT2D eigenvalue weighted by molar-refractivity contribution is 0.0640. The Hall–Kier alpha value is -1.31. The number of piperazine rings is 1. The van der Waals surface area contributed by atoms with Crippen molar-refractivity contribution < 1.29 is 13.9 Å². The molecule has 0 aromatic heterocycles. The van der Waals surface area contributed by atoms with Gasteiger partial charge in [-0.2, -0.15) is 11.8 Å². The van der Waals surface area contributed by atoms with Crippen molar-refractivity contribution in [1.29, 1.82) is 0 Å². The van der Waals surface area contributed by atoms with Gasteiger partial charge in [-0.15, -0.1) is 0 Å². The van der Waals surface area contributed by atoms with Gasteiger partial charge >= 0.3 is 0 Å². The van der Waals surface area contributed by atoms with E-state index in [1.165, 1.54) is 18.2 Å². The van der Waals surface area contributed by atoms with Crippen LogP contribution in [0, 0.1) is 5.82 Å². The lowest BCUT2D eigenvalue weighted by Crippen LogP contribution is -2.49. The molecule has 1 aromatic rings. The molecule has 1 heterocycles. The average Bonchev–Trinajstić information content (AvgIpc) is 2.61. The third kappa shape index (κ3) is 5.36. The maximum atomic E-state index is 13.6. The second-order valence-electron chi connectivity index (χ2n) is 5.76. The highest BCUT2D eigenvalue weighted by atomic mass is 32.2. The normalized spacial score (nSPS) is 15.5. The molecule has 24 heavy (non-hydrogen) atoms. The number of rotatable bonds is 8. The highest BCUT2D eigenvalue weighted by Crippen LogP contribution is 2.22. The molecule has 0 bridgehead atoms. The van der Waals surface area contributed by atoms with Gasteiger partial charge in [0.1, 0.15) is 11.6 Å². The second kappa shape index (κ2) is 9.86. The number of carbonyl (C=O) groups is 1. The highest BCUT2D eigenvalue weighted by molar-refractivity contribution is 7.98. The van der Waals surface area contributed by atoms with Crippen LogP contribution in [0.25, 0.3) is 0 Å². The first-order chi connectivity index (χ1) is 11.7. The average molecular weight is 355 g/mol.